The van der Waals surface area contributed by atoms with Crippen LogP contribution < -0.4 is 15.8 Å². The topological polar surface area (TPSA) is 59.6 Å². The molecule has 24 heavy (non-hydrogen) atoms. The molecular weight excluding hydrogens is 434 g/mol. The first kappa shape index (κ1) is 20.1. The molecule has 130 valence electrons. The number of aliphatic imine (C=N–C) groups is 1. The molecule has 0 aromatic heterocycles. The summed E-state index contributed by atoms with van der Waals surface area (Å²) < 4.78 is 44.1. The van der Waals surface area contributed by atoms with E-state index in [1.54, 1.807) is 24.3 Å². The normalized spacial score (nSPS) is 11.6. The second-order valence-corrected chi connectivity index (χ2v) is 4.71. The molecule has 0 bridgehead atoms. The number of alkyl halides is 3. The quantitative estimate of drug-likeness (QED) is 0.415. The summed E-state index contributed by atoms with van der Waals surface area (Å²) in [4.78, 5) is 3.96. The van der Waals surface area contributed by atoms with Crippen LogP contribution in [0, 0.1) is 0 Å². The lowest BCUT2D eigenvalue weighted by molar-refractivity contribution is -0.138. The summed E-state index contributed by atoms with van der Waals surface area (Å²) in [5, 5.41) is 2.81. The van der Waals surface area contributed by atoms with E-state index in [0.717, 1.165) is 6.07 Å². The first-order chi connectivity index (χ1) is 10.9. The number of hydrogen-bond donors (Lipinski definition) is 2. The number of hydrogen-bond acceptors (Lipinski definition) is 2. The van der Waals surface area contributed by atoms with Crippen LogP contribution in [0.3, 0.4) is 0 Å². The predicted molar refractivity (Wildman–Crippen MR) is 98.8 cm³/mol. The Kier molecular flexibility index (Phi) is 7.33. The summed E-state index contributed by atoms with van der Waals surface area (Å²) in [6, 6.07) is 12.7. The van der Waals surface area contributed by atoms with Crippen LogP contribution in [0.4, 0.5) is 18.9 Å². The number of nitrogens with one attached hydrogen (secondary N) is 1. The standard InChI is InChI=1S/C16H16F3N3O.HI/c1-23-13-8-7-11(14(9-13)16(17,18)19)10-21-15(20)22-12-5-3-2-4-6-12;/h2-9H,10H2,1H3,(H3,20,21,22);1H. The predicted octanol–water partition coefficient (Wildman–Crippen LogP) is 4.26. The fraction of sp³-hybridized carbons (Fsp3) is 0.188. The van der Waals surface area contributed by atoms with E-state index in [2.05, 4.69) is 10.3 Å². The fourth-order valence-corrected chi connectivity index (χ4v) is 1.96. The molecular formula is C16H17F3IN3O. The Morgan fingerprint density at radius 1 is 1.17 bits per heavy atom. The van der Waals surface area contributed by atoms with Crippen LogP contribution >= 0.6 is 24.0 Å². The van der Waals surface area contributed by atoms with Crippen molar-refractivity contribution in [1.82, 2.24) is 0 Å². The maximum absolute atomic E-state index is 13.1. The van der Waals surface area contributed by atoms with E-state index in [1.807, 2.05) is 6.07 Å². The minimum Gasteiger partial charge on any atom is -0.497 e. The van der Waals surface area contributed by atoms with Gasteiger partial charge in [-0.25, -0.2) is 4.99 Å². The van der Waals surface area contributed by atoms with E-state index < -0.39 is 11.7 Å². The Morgan fingerprint density at radius 2 is 1.83 bits per heavy atom. The molecule has 2 rings (SSSR count). The Morgan fingerprint density at radius 3 is 2.42 bits per heavy atom. The molecule has 0 saturated carbocycles. The summed E-state index contributed by atoms with van der Waals surface area (Å²) >= 11 is 0. The summed E-state index contributed by atoms with van der Waals surface area (Å²) in [7, 11) is 1.31. The lowest BCUT2D eigenvalue weighted by atomic mass is 10.1. The minimum atomic E-state index is -4.49. The van der Waals surface area contributed by atoms with Gasteiger partial charge in [0.15, 0.2) is 5.96 Å². The van der Waals surface area contributed by atoms with Gasteiger partial charge in [0, 0.05) is 5.69 Å². The number of methoxy groups -OCH3 is 1. The summed E-state index contributed by atoms with van der Waals surface area (Å²) in [5.74, 6) is 0.181. The molecule has 8 heteroatoms. The average molecular weight is 451 g/mol. The van der Waals surface area contributed by atoms with Gasteiger partial charge in [0.2, 0.25) is 0 Å². The van der Waals surface area contributed by atoms with Crippen molar-refractivity contribution in [3.05, 3.63) is 59.7 Å². The van der Waals surface area contributed by atoms with Crippen LogP contribution in [0.2, 0.25) is 0 Å². The molecule has 0 fully saturated rings. The van der Waals surface area contributed by atoms with Gasteiger partial charge in [0.05, 0.1) is 19.2 Å². The van der Waals surface area contributed by atoms with Crippen molar-refractivity contribution < 1.29 is 17.9 Å². The second-order valence-electron chi connectivity index (χ2n) is 4.71. The number of halogens is 4. The van der Waals surface area contributed by atoms with E-state index in [-0.39, 0.29) is 47.8 Å². The van der Waals surface area contributed by atoms with Gasteiger partial charge in [-0.15, -0.1) is 24.0 Å². The Labute approximate surface area is 154 Å². The van der Waals surface area contributed by atoms with Gasteiger partial charge in [-0.05, 0) is 29.8 Å². The number of rotatable bonds is 4. The number of benzene rings is 2. The van der Waals surface area contributed by atoms with Gasteiger partial charge in [-0.2, -0.15) is 13.2 Å². The van der Waals surface area contributed by atoms with Crippen LogP contribution in [-0.2, 0) is 12.7 Å². The van der Waals surface area contributed by atoms with Gasteiger partial charge in [0.1, 0.15) is 5.75 Å². The first-order valence-electron chi connectivity index (χ1n) is 6.76. The molecule has 0 heterocycles. The fourth-order valence-electron chi connectivity index (χ4n) is 1.96. The Bertz CT molecular complexity index is 691. The van der Waals surface area contributed by atoms with Gasteiger partial charge in [-0.1, -0.05) is 24.3 Å². The number of ether oxygens (including phenoxy) is 1. The first-order valence-corrected chi connectivity index (χ1v) is 6.76. The van der Waals surface area contributed by atoms with Gasteiger partial charge in [-0.3, -0.25) is 0 Å². The molecule has 0 radical (unpaired) electrons. The minimum absolute atomic E-state index is 0. The monoisotopic (exact) mass is 451 g/mol. The largest absolute Gasteiger partial charge is 0.497 e. The van der Waals surface area contributed by atoms with Gasteiger partial charge >= 0.3 is 6.18 Å². The molecule has 0 unspecified atom stereocenters. The lowest BCUT2D eigenvalue weighted by Gasteiger charge is -2.13. The van der Waals surface area contributed by atoms with Gasteiger partial charge < -0.3 is 15.8 Å². The highest BCUT2D eigenvalue weighted by Crippen LogP contribution is 2.34. The molecule has 0 aliphatic carbocycles. The number of para-hydroxylation sites is 1. The molecule has 0 spiro atoms. The maximum atomic E-state index is 13.1. The van der Waals surface area contributed by atoms with Crippen LogP contribution in [0.25, 0.3) is 0 Å². The zero-order valence-corrected chi connectivity index (χ0v) is 15.1. The number of nitrogens with two attached hydrogens (primary N) is 1. The number of anilines is 1. The molecule has 2 aromatic carbocycles. The van der Waals surface area contributed by atoms with E-state index in [9.17, 15) is 13.2 Å². The third kappa shape index (κ3) is 5.59. The van der Waals surface area contributed by atoms with Crippen molar-refractivity contribution in [2.24, 2.45) is 10.7 Å². The molecule has 0 atom stereocenters. The van der Waals surface area contributed by atoms with E-state index in [1.165, 1.54) is 19.2 Å². The highest BCUT2D eigenvalue weighted by atomic mass is 127. The highest BCUT2D eigenvalue weighted by molar-refractivity contribution is 14.0. The van der Waals surface area contributed by atoms with Gasteiger partial charge in [0.25, 0.3) is 0 Å². The van der Waals surface area contributed by atoms with Crippen LogP contribution in [-0.4, -0.2) is 13.1 Å². The highest BCUT2D eigenvalue weighted by Gasteiger charge is 2.33. The van der Waals surface area contributed by atoms with Crippen LogP contribution in [0.1, 0.15) is 11.1 Å². The van der Waals surface area contributed by atoms with Crippen molar-refractivity contribution >= 4 is 35.6 Å². The van der Waals surface area contributed by atoms with Crippen molar-refractivity contribution in [1.29, 1.82) is 0 Å². The van der Waals surface area contributed by atoms with E-state index >= 15 is 0 Å². The van der Waals surface area contributed by atoms with Crippen LogP contribution in [0.5, 0.6) is 5.75 Å². The third-order valence-corrected chi connectivity index (χ3v) is 3.09. The van der Waals surface area contributed by atoms with Crippen molar-refractivity contribution in [2.45, 2.75) is 12.7 Å². The van der Waals surface area contributed by atoms with E-state index in [0.29, 0.717) is 5.69 Å². The molecule has 2 aromatic rings. The number of nitrogens with zero attached hydrogens (tertiary/aromatic N) is 1. The molecule has 0 aliphatic rings. The Balaban J connectivity index is 0.00000288. The number of guanidine groups is 1. The Hall–Kier alpha value is -1.97. The molecule has 0 amide bonds. The summed E-state index contributed by atoms with van der Waals surface area (Å²) in [6.07, 6.45) is -4.49. The smallest absolute Gasteiger partial charge is 0.416 e. The SMILES string of the molecule is COc1ccc(CN=C(N)Nc2ccccc2)c(C(F)(F)F)c1.I. The van der Waals surface area contributed by atoms with Crippen molar-refractivity contribution in [2.75, 3.05) is 12.4 Å². The third-order valence-electron chi connectivity index (χ3n) is 3.09. The van der Waals surface area contributed by atoms with Crippen molar-refractivity contribution in [3.8, 4) is 5.75 Å². The average Bonchev–Trinajstić information content (AvgIpc) is 2.53. The molecule has 0 aliphatic heterocycles. The molecule has 3 N–H and O–H groups in total. The molecule has 4 nitrogen and oxygen atoms in total. The zero-order chi connectivity index (χ0) is 16.9. The summed E-state index contributed by atoms with van der Waals surface area (Å²) in [6.45, 7) is -0.190. The lowest BCUT2D eigenvalue weighted by Crippen LogP contribution is -2.22. The second kappa shape index (κ2) is 8.76. The zero-order valence-electron chi connectivity index (χ0n) is 12.8. The van der Waals surface area contributed by atoms with E-state index in [4.69, 9.17) is 10.5 Å². The maximum Gasteiger partial charge on any atom is 0.416 e. The van der Waals surface area contributed by atoms with Crippen LogP contribution in [0.15, 0.2) is 53.5 Å². The summed E-state index contributed by atoms with van der Waals surface area (Å²) in [5.41, 5.74) is 5.65. The molecule has 0 saturated heterocycles. The van der Waals surface area contributed by atoms with Crippen molar-refractivity contribution in [3.63, 3.8) is 0 Å².